The van der Waals surface area contributed by atoms with Crippen molar-refractivity contribution in [3.05, 3.63) is 0 Å². The lowest BCUT2D eigenvalue weighted by Crippen LogP contribution is -2.48. The highest BCUT2D eigenvalue weighted by Crippen LogP contribution is 2.32. The van der Waals surface area contributed by atoms with E-state index >= 15 is 0 Å². The zero-order valence-electron chi connectivity index (χ0n) is 9.66. The van der Waals surface area contributed by atoms with Gasteiger partial charge in [-0.1, -0.05) is 0 Å². The molecule has 5 nitrogen and oxygen atoms in total. The van der Waals surface area contributed by atoms with E-state index in [0.717, 1.165) is 32.5 Å². The minimum absolute atomic E-state index is 0.105. The number of nitrogens with one attached hydrogen (secondary N) is 1. The number of ether oxygens (including phenoxy) is 3. The van der Waals surface area contributed by atoms with Gasteiger partial charge in [0.15, 0.2) is 0 Å². The van der Waals surface area contributed by atoms with Gasteiger partial charge in [0, 0.05) is 25.7 Å². The van der Waals surface area contributed by atoms with Crippen molar-refractivity contribution in [1.82, 2.24) is 5.32 Å². The Kier molecular flexibility index (Phi) is 3.78. The van der Waals surface area contributed by atoms with Crippen LogP contribution in [0.3, 0.4) is 0 Å². The highest BCUT2D eigenvalue weighted by molar-refractivity contribution is 5.71. The first kappa shape index (κ1) is 11.8. The maximum absolute atomic E-state index is 11.0. The molecule has 0 aromatic rings. The summed E-state index contributed by atoms with van der Waals surface area (Å²) in [5, 5.41) is 3.21. The van der Waals surface area contributed by atoms with Gasteiger partial charge in [-0.25, -0.2) is 0 Å². The topological polar surface area (TPSA) is 56.8 Å². The molecule has 0 bridgehead atoms. The molecule has 2 rings (SSSR count). The molecule has 0 aromatic heterocycles. The van der Waals surface area contributed by atoms with Crippen molar-refractivity contribution in [3.8, 4) is 0 Å². The molecule has 2 unspecified atom stereocenters. The van der Waals surface area contributed by atoms with Gasteiger partial charge in [0.25, 0.3) is 0 Å². The smallest absolute Gasteiger partial charge is 0.319 e. The summed E-state index contributed by atoms with van der Waals surface area (Å²) in [6, 6.07) is 0.328. The third kappa shape index (κ3) is 2.72. The molecule has 0 aromatic carbocycles. The Bertz CT molecular complexity index is 250. The lowest BCUT2D eigenvalue weighted by molar-refractivity contribution is -0.140. The second-order valence-electron chi connectivity index (χ2n) is 4.48. The lowest BCUT2D eigenvalue weighted by atomic mass is 9.90. The number of hydrogen-bond donors (Lipinski definition) is 1. The van der Waals surface area contributed by atoms with Crippen molar-refractivity contribution in [3.63, 3.8) is 0 Å². The first-order valence-corrected chi connectivity index (χ1v) is 5.76. The summed E-state index contributed by atoms with van der Waals surface area (Å²) in [5.41, 5.74) is -0.105. The molecule has 2 saturated heterocycles. The van der Waals surface area contributed by atoms with Gasteiger partial charge in [-0.2, -0.15) is 0 Å². The monoisotopic (exact) mass is 229 g/mol. The summed E-state index contributed by atoms with van der Waals surface area (Å²) in [6.45, 7) is 2.48. The molecule has 2 aliphatic heterocycles. The van der Waals surface area contributed by atoms with Gasteiger partial charge >= 0.3 is 5.97 Å². The van der Waals surface area contributed by atoms with Gasteiger partial charge in [0.2, 0.25) is 0 Å². The SMILES string of the molecule is COC(=O)CNC1CCOC2(CCOC2)C1. The predicted octanol–water partition coefficient (Wildman–Crippen LogP) is 0.0871. The van der Waals surface area contributed by atoms with Gasteiger partial charge in [0.05, 0.1) is 25.9 Å². The average molecular weight is 229 g/mol. The Morgan fingerprint density at radius 2 is 2.44 bits per heavy atom. The normalized spacial score (nSPS) is 34.2. The van der Waals surface area contributed by atoms with E-state index in [4.69, 9.17) is 9.47 Å². The van der Waals surface area contributed by atoms with E-state index in [1.54, 1.807) is 0 Å². The summed E-state index contributed by atoms with van der Waals surface area (Å²) >= 11 is 0. The van der Waals surface area contributed by atoms with E-state index in [1.165, 1.54) is 7.11 Å². The highest BCUT2D eigenvalue weighted by Gasteiger charge is 2.40. The van der Waals surface area contributed by atoms with E-state index in [9.17, 15) is 4.79 Å². The Hall–Kier alpha value is -0.650. The molecule has 92 valence electrons. The van der Waals surface area contributed by atoms with E-state index < -0.39 is 0 Å². The zero-order chi connectivity index (χ0) is 11.4. The number of esters is 1. The molecule has 0 radical (unpaired) electrons. The van der Waals surface area contributed by atoms with Crippen molar-refractivity contribution in [2.45, 2.75) is 30.9 Å². The summed E-state index contributed by atoms with van der Waals surface area (Å²) in [4.78, 5) is 11.0. The van der Waals surface area contributed by atoms with Gasteiger partial charge in [-0.3, -0.25) is 4.79 Å². The minimum Gasteiger partial charge on any atom is -0.468 e. The molecule has 1 N–H and O–H groups in total. The highest BCUT2D eigenvalue weighted by atomic mass is 16.6. The number of rotatable bonds is 3. The molecular weight excluding hydrogens is 210 g/mol. The quantitative estimate of drug-likeness (QED) is 0.695. The fourth-order valence-corrected chi connectivity index (χ4v) is 2.37. The van der Waals surface area contributed by atoms with Crippen LogP contribution in [-0.2, 0) is 19.0 Å². The van der Waals surface area contributed by atoms with Crippen molar-refractivity contribution < 1.29 is 19.0 Å². The van der Waals surface area contributed by atoms with Crippen LogP contribution in [-0.4, -0.2) is 51.1 Å². The summed E-state index contributed by atoms with van der Waals surface area (Å²) in [5.74, 6) is -0.219. The van der Waals surface area contributed by atoms with Gasteiger partial charge in [-0.15, -0.1) is 0 Å². The molecule has 2 aliphatic rings. The van der Waals surface area contributed by atoms with Gasteiger partial charge < -0.3 is 19.5 Å². The number of hydrogen-bond acceptors (Lipinski definition) is 5. The lowest BCUT2D eigenvalue weighted by Gasteiger charge is -2.37. The second kappa shape index (κ2) is 5.12. The van der Waals surface area contributed by atoms with Crippen LogP contribution < -0.4 is 5.32 Å². The van der Waals surface area contributed by atoms with Crippen molar-refractivity contribution in [1.29, 1.82) is 0 Å². The van der Waals surface area contributed by atoms with Gasteiger partial charge in [0.1, 0.15) is 0 Å². The largest absolute Gasteiger partial charge is 0.468 e. The van der Waals surface area contributed by atoms with Crippen molar-refractivity contribution in [2.24, 2.45) is 0 Å². The van der Waals surface area contributed by atoms with Crippen LogP contribution in [0.15, 0.2) is 0 Å². The molecule has 16 heavy (non-hydrogen) atoms. The number of carbonyl (C=O) groups is 1. The number of methoxy groups -OCH3 is 1. The standard InChI is InChI=1S/C11H19NO4/c1-14-10(13)7-12-9-2-4-16-11(6-9)3-5-15-8-11/h9,12H,2-8H2,1H3. The predicted molar refractivity (Wildman–Crippen MR) is 57.2 cm³/mol. The minimum atomic E-state index is -0.219. The number of carbonyl (C=O) groups excluding carboxylic acids is 1. The molecule has 0 amide bonds. The molecule has 0 aliphatic carbocycles. The first-order valence-electron chi connectivity index (χ1n) is 5.76. The van der Waals surface area contributed by atoms with Crippen molar-refractivity contribution >= 4 is 5.97 Å². The summed E-state index contributed by atoms with van der Waals surface area (Å²) in [7, 11) is 1.40. The Balaban J connectivity index is 1.80. The fraction of sp³-hybridized carbons (Fsp3) is 0.909. The Labute approximate surface area is 95.4 Å². The van der Waals surface area contributed by atoms with Crippen LogP contribution in [0.4, 0.5) is 0 Å². The molecule has 2 atom stereocenters. The van der Waals surface area contributed by atoms with Crippen LogP contribution >= 0.6 is 0 Å². The summed E-state index contributed by atoms with van der Waals surface area (Å²) < 4.78 is 15.8. The molecule has 5 heteroatoms. The van der Waals surface area contributed by atoms with Crippen LogP contribution in [0, 0.1) is 0 Å². The second-order valence-corrected chi connectivity index (χ2v) is 4.48. The molecule has 2 fully saturated rings. The van der Waals surface area contributed by atoms with E-state index in [-0.39, 0.29) is 18.1 Å². The maximum Gasteiger partial charge on any atom is 0.319 e. The third-order valence-corrected chi connectivity index (χ3v) is 3.32. The Morgan fingerprint density at radius 3 is 3.12 bits per heavy atom. The molecular formula is C11H19NO4. The van der Waals surface area contributed by atoms with Crippen LogP contribution in [0.5, 0.6) is 0 Å². The summed E-state index contributed by atoms with van der Waals surface area (Å²) in [6.07, 6.45) is 2.83. The zero-order valence-corrected chi connectivity index (χ0v) is 9.66. The molecule has 2 heterocycles. The van der Waals surface area contributed by atoms with E-state index in [2.05, 4.69) is 10.1 Å². The van der Waals surface area contributed by atoms with Crippen LogP contribution in [0.2, 0.25) is 0 Å². The molecule has 1 spiro atoms. The van der Waals surface area contributed by atoms with E-state index in [1.807, 2.05) is 0 Å². The third-order valence-electron chi connectivity index (χ3n) is 3.32. The fourth-order valence-electron chi connectivity index (χ4n) is 2.37. The first-order chi connectivity index (χ1) is 7.74. The van der Waals surface area contributed by atoms with E-state index in [0.29, 0.717) is 12.6 Å². The maximum atomic E-state index is 11.0. The van der Waals surface area contributed by atoms with Crippen LogP contribution in [0.25, 0.3) is 0 Å². The average Bonchev–Trinajstić information content (AvgIpc) is 2.74. The van der Waals surface area contributed by atoms with Gasteiger partial charge in [-0.05, 0) is 12.8 Å². The van der Waals surface area contributed by atoms with Crippen LogP contribution in [0.1, 0.15) is 19.3 Å². The molecule has 0 saturated carbocycles. The van der Waals surface area contributed by atoms with Crippen molar-refractivity contribution in [2.75, 3.05) is 33.5 Å². The Morgan fingerprint density at radius 1 is 1.56 bits per heavy atom.